The van der Waals surface area contributed by atoms with E-state index in [-0.39, 0.29) is 24.4 Å². The summed E-state index contributed by atoms with van der Waals surface area (Å²) in [5.74, 6) is 0.272. The highest BCUT2D eigenvalue weighted by Crippen LogP contribution is 2.30. The smallest absolute Gasteiger partial charge is 0.255 e. The van der Waals surface area contributed by atoms with Gasteiger partial charge in [-0.2, -0.15) is 0 Å². The van der Waals surface area contributed by atoms with E-state index in [2.05, 4.69) is 27.8 Å². The van der Waals surface area contributed by atoms with Gasteiger partial charge in [0, 0.05) is 22.6 Å². The molecular weight excluding hydrogens is 456 g/mol. The SMILES string of the molecule is C=CCN(C(=O)c1ccc(OC)cc1)C(C(=O)NC1CCCCC1)c1ccccc1Br. The first kappa shape index (κ1) is 23.1. The van der Waals surface area contributed by atoms with Crippen molar-refractivity contribution in [3.8, 4) is 5.75 Å². The minimum Gasteiger partial charge on any atom is -0.497 e. The number of benzene rings is 2. The quantitative estimate of drug-likeness (QED) is 0.518. The molecule has 6 heteroatoms. The standard InChI is InChI=1S/C25H29BrN2O3/c1-3-17-28(25(30)18-13-15-20(31-2)16-14-18)23(21-11-7-8-12-22(21)26)24(29)27-19-9-5-4-6-10-19/h3,7-8,11-16,19,23H,1,4-6,9-10,17H2,2H3,(H,27,29). The van der Waals surface area contributed by atoms with Crippen LogP contribution in [0.3, 0.4) is 0 Å². The molecule has 1 aliphatic carbocycles. The molecule has 1 N–H and O–H groups in total. The van der Waals surface area contributed by atoms with Crippen LogP contribution in [-0.2, 0) is 4.79 Å². The summed E-state index contributed by atoms with van der Waals surface area (Å²) in [6.07, 6.45) is 7.04. The van der Waals surface area contributed by atoms with Gasteiger partial charge < -0.3 is 15.0 Å². The molecule has 1 unspecified atom stereocenters. The number of halogens is 1. The molecule has 5 nitrogen and oxygen atoms in total. The van der Waals surface area contributed by atoms with Crippen LogP contribution in [0.4, 0.5) is 0 Å². The number of nitrogens with one attached hydrogen (secondary N) is 1. The maximum atomic E-state index is 13.5. The maximum absolute atomic E-state index is 13.5. The van der Waals surface area contributed by atoms with Crippen molar-refractivity contribution in [2.45, 2.75) is 44.2 Å². The molecule has 0 bridgehead atoms. The normalized spacial score (nSPS) is 15.0. The fourth-order valence-electron chi connectivity index (χ4n) is 4.02. The molecule has 164 valence electrons. The predicted octanol–water partition coefficient (Wildman–Crippen LogP) is 5.28. The molecule has 2 aromatic carbocycles. The minimum absolute atomic E-state index is 0.146. The van der Waals surface area contributed by atoms with Gasteiger partial charge in [-0.25, -0.2) is 0 Å². The van der Waals surface area contributed by atoms with E-state index in [1.165, 1.54) is 6.42 Å². The van der Waals surface area contributed by atoms with Crippen molar-refractivity contribution in [1.29, 1.82) is 0 Å². The lowest BCUT2D eigenvalue weighted by Crippen LogP contribution is -2.47. The molecule has 1 aliphatic rings. The van der Waals surface area contributed by atoms with Crippen molar-refractivity contribution < 1.29 is 14.3 Å². The van der Waals surface area contributed by atoms with E-state index < -0.39 is 6.04 Å². The van der Waals surface area contributed by atoms with Crippen LogP contribution in [0.2, 0.25) is 0 Å². The Labute approximate surface area is 192 Å². The Morgan fingerprint density at radius 1 is 1.16 bits per heavy atom. The molecule has 1 saturated carbocycles. The van der Waals surface area contributed by atoms with Crippen molar-refractivity contribution in [3.05, 3.63) is 76.8 Å². The Morgan fingerprint density at radius 3 is 2.45 bits per heavy atom. The summed E-state index contributed by atoms with van der Waals surface area (Å²) >= 11 is 3.57. The van der Waals surface area contributed by atoms with Gasteiger partial charge in [0.1, 0.15) is 11.8 Å². The number of nitrogens with zero attached hydrogens (tertiary/aromatic N) is 1. The fraction of sp³-hybridized carbons (Fsp3) is 0.360. The third-order valence-electron chi connectivity index (χ3n) is 5.64. The molecule has 0 heterocycles. The summed E-state index contributed by atoms with van der Waals surface area (Å²) in [7, 11) is 1.58. The van der Waals surface area contributed by atoms with E-state index >= 15 is 0 Å². The average Bonchev–Trinajstić information content (AvgIpc) is 2.80. The third-order valence-corrected chi connectivity index (χ3v) is 6.36. The topological polar surface area (TPSA) is 58.6 Å². The number of hydrogen-bond acceptors (Lipinski definition) is 3. The van der Waals surface area contributed by atoms with Gasteiger partial charge in [0.15, 0.2) is 0 Å². The van der Waals surface area contributed by atoms with Crippen LogP contribution >= 0.6 is 15.9 Å². The lowest BCUT2D eigenvalue weighted by molar-refractivity contribution is -0.126. The second-order valence-electron chi connectivity index (χ2n) is 7.74. The zero-order valence-corrected chi connectivity index (χ0v) is 19.4. The van der Waals surface area contributed by atoms with E-state index in [1.807, 2.05) is 24.3 Å². The van der Waals surface area contributed by atoms with Gasteiger partial charge in [0.25, 0.3) is 5.91 Å². The molecule has 0 aromatic heterocycles. The molecule has 2 amide bonds. The maximum Gasteiger partial charge on any atom is 0.255 e. The van der Waals surface area contributed by atoms with Gasteiger partial charge in [-0.05, 0) is 48.7 Å². The monoisotopic (exact) mass is 484 g/mol. The number of amides is 2. The number of carbonyl (C=O) groups is 2. The summed E-state index contributed by atoms with van der Waals surface area (Å²) in [4.78, 5) is 28.6. The van der Waals surface area contributed by atoms with Gasteiger partial charge in [0.05, 0.1) is 7.11 Å². The molecular formula is C25H29BrN2O3. The van der Waals surface area contributed by atoms with Crippen molar-refractivity contribution in [2.75, 3.05) is 13.7 Å². The molecule has 1 fully saturated rings. The van der Waals surface area contributed by atoms with Crippen molar-refractivity contribution >= 4 is 27.7 Å². The summed E-state index contributed by atoms with van der Waals surface area (Å²) in [6.45, 7) is 4.07. The van der Waals surface area contributed by atoms with Gasteiger partial charge in [-0.3, -0.25) is 9.59 Å². The van der Waals surface area contributed by atoms with E-state index in [0.29, 0.717) is 11.3 Å². The van der Waals surface area contributed by atoms with Crippen LogP contribution in [0.25, 0.3) is 0 Å². The number of methoxy groups -OCH3 is 1. The van der Waals surface area contributed by atoms with Gasteiger partial charge >= 0.3 is 0 Å². The Morgan fingerprint density at radius 2 is 1.84 bits per heavy atom. The first-order valence-electron chi connectivity index (χ1n) is 10.7. The third kappa shape index (κ3) is 5.76. The summed E-state index contributed by atoms with van der Waals surface area (Å²) < 4.78 is 5.99. The molecule has 1 atom stereocenters. The predicted molar refractivity (Wildman–Crippen MR) is 126 cm³/mol. The summed E-state index contributed by atoms with van der Waals surface area (Å²) in [5.41, 5.74) is 1.24. The Kier molecular flexibility index (Phi) is 8.29. The van der Waals surface area contributed by atoms with Crippen LogP contribution in [0.15, 0.2) is 65.7 Å². The van der Waals surface area contributed by atoms with Gasteiger partial charge in [-0.1, -0.05) is 59.5 Å². The molecule has 31 heavy (non-hydrogen) atoms. The number of ether oxygens (including phenoxy) is 1. The first-order valence-corrected chi connectivity index (χ1v) is 11.4. The van der Waals surface area contributed by atoms with Gasteiger partial charge in [-0.15, -0.1) is 6.58 Å². The van der Waals surface area contributed by atoms with Crippen LogP contribution in [0, 0.1) is 0 Å². The molecule has 3 rings (SSSR count). The summed E-state index contributed by atoms with van der Waals surface area (Å²) in [5, 5.41) is 3.20. The van der Waals surface area contributed by atoms with Crippen LogP contribution in [0.1, 0.15) is 54.1 Å². The van der Waals surface area contributed by atoms with Gasteiger partial charge in [0.2, 0.25) is 5.91 Å². The first-order chi connectivity index (χ1) is 15.0. The zero-order chi connectivity index (χ0) is 22.2. The average molecular weight is 485 g/mol. The van der Waals surface area contributed by atoms with E-state index in [0.717, 1.165) is 35.7 Å². The highest BCUT2D eigenvalue weighted by molar-refractivity contribution is 9.10. The van der Waals surface area contributed by atoms with Crippen molar-refractivity contribution in [2.24, 2.45) is 0 Å². The molecule has 0 radical (unpaired) electrons. The number of hydrogen-bond donors (Lipinski definition) is 1. The Hall–Kier alpha value is -2.60. The summed E-state index contributed by atoms with van der Waals surface area (Å²) in [6, 6.07) is 13.8. The minimum atomic E-state index is -0.773. The molecule has 0 saturated heterocycles. The lowest BCUT2D eigenvalue weighted by atomic mass is 9.94. The molecule has 2 aromatic rings. The lowest BCUT2D eigenvalue weighted by Gasteiger charge is -2.33. The van der Waals surface area contributed by atoms with Crippen LogP contribution < -0.4 is 10.1 Å². The fourth-order valence-corrected chi connectivity index (χ4v) is 4.52. The largest absolute Gasteiger partial charge is 0.497 e. The highest BCUT2D eigenvalue weighted by Gasteiger charge is 2.33. The molecule has 0 spiro atoms. The Bertz CT molecular complexity index is 907. The zero-order valence-electron chi connectivity index (χ0n) is 17.9. The number of rotatable bonds is 8. The van der Waals surface area contributed by atoms with Crippen molar-refractivity contribution in [1.82, 2.24) is 10.2 Å². The van der Waals surface area contributed by atoms with Crippen molar-refractivity contribution in [3.63, 3.8) is 0 Å². The second-order valence-corrected chi connectivity index (χ2v) is 8.60. The van der Waals surface area contributed by atoms with Crippen LogP contribution in [-0.4, -0.2) is 36.4 Å². The van der Waals surface area contributed by atoms with Crippen LogP contribution in [0.5, 0.6) is 5.75 Å². The van der Waals surface area contributed by atoms with E-state index in [9.17, 15) is 9.59 Å². The van der Waals surface area contributed by atoms with E-state index in [4.69, 9.17) is 4.74 Å². The molecule has 0 aliphatic heterocycles. The number of carbonyl (C=O) groups excluding carboxylic acids is 2. The Balaban J connectivity index is 1.96. The second kappa shape index (κ2) is 11.1. The van der Waals surface area contributed by atoms with E-state index in [1.54, 1.807) is 42.4 Å². The highest BCUT2D eigenvalue weighted by atomic mass is 79.9.